The molecule has 0 fully saturated rings. The average molecular weight is 281 g/mol. The Morgan fingerprint density at radius 3 is 2.25 bits per heavy atom. The number of ether oxygens (including phenoxy) is 3. The third-order valence-electron chi connectivity index (χ3n) is 2.46. The Bertz CT molecular complexity index is 378. The lowest BCUT2D eigenvalue weighted by atomic mass is 10.3. The molecule has 0 bridgehead atoms. The van der Waals surface area contributed by atoms with Crippen LogP contribution in [0.5, 0.6) is 5.75 Å². The van der Waals surface area contributed by atoms with Crippen LogP contribution >= 0.6 is 0 Å². The van der Waals surface area contributed by atoms with Crippen LogP contribution in [0, 0.1) is 0 Å². The molecule has 0 aromatic heterocycles. The third kappa shape index (κ3) is 8.50. The Labute approximate surface area is 120 Å². The summed E-state index contributed by atoms with van der Waals surface area (Å²) < 4.78 is 16.1. The molecule has 5 heteroatoms. The van der Waals surface area contributed by atoms with E-state index in [2.05, 4.69) is 0 Å². The molecule has 1 aromatic carbocycles. The van der Waals surface area contributed by atoms with Crippen molar-refractivity contribution < 1.29 is 19.0 Å². The van der Waals surface area contributed by atoms with Gasteiger partial charge in [-0.05, 0) is 37.6 Å². The van der Waals surface area contributed by atoms with Gasteiger partial charge in [0.25, 0.3) is 0 Å². The molecule has 0 saturated carbocycles. The van der Waals surface area contributed by atoms with Gasteiger partial charge in [0.15, 0.2) is 5.78 Å². The summed E-state index contributed by atoms with van der Waals surface area (Å²) in [7, 11) is 0. The molecule has 0 aliphatic heterocycles. The number of hydrogen-bond donors (Lipinski definition) is 1. The maximum Gasteiger partial charge on any atom is 0.155 e. The summed E-state index contributed by atoms with van der Waals surface area (Å²) in [6, 6.07) is 7.32. The molecule has 20 heavy (non-hydrogen) atoms. The van der Waals surface area contributed by atoms with Gasteiger partial charge in [-0.1, -0.05) is 0 Å². The molecular formula is C15H23NO4. The summed E-state index contributed by atoms with van der Waals surface area (Å²) >= 11 is 0. The number of nitrogens with two attached hydrogens (primary N) is 1. The second-order valence-electron chi connectivity index (χ2n) is 4.49. The standard InChI is InChI=1S/C15H23NO4/c1-13(17)12-19-10-2-8-18-9-3-11-20-15-6-4-14(16)5-7-15/h4-7H,2-3,8-12,16H2,1H3. The van der Waals surface area contributed by atoms with Gasteiger partial charge in [-0.25, -0.2) is 0 Å². The Morgan fingerprint density at radius 2 is 1.60 bits per heavy atom. The lowest BCUT2D eigenvalue weighted by molar-refractivity contribution is -0.121. The summed E-state index contributed by atoms with van der Waals surface area (Å²) in [5.74, 6) is 0.863. The molecule has 0 amide bonds. The molecule has 2 N–H and O–H groups in total. The zero-order chi connectivity index (χ0) is 14.6. The number of carbonyl (C=O) groups excluding carboxylic acids is 1. The average Bonchev–Trinajstić information content (AvgIpc) is 2.42. The number of nitrogen functional groups attached to an aromatic ring is 1. The van der Waals surface area contributed by atoms with Crippen molar-refractivity contribution in [2.24, 2.45) is 0 Å². The molecule has 0 unspecified atom stereocenters. The van der Waals surface area contributed by atoms with E-state index in [0.29, 0.717) is 26.4 Å². The number of carbonyl (C=O) groups is 1. The van der Waals surface area contributed by atoms with E-state index in [1.54, 1.807) is 0 Å². The van der Waals surface area contributed by atoms with Gasteiger partial charge in [-0.2, -0.15) is 0 Å². The van der Waals surface area contributed by atoms with E-state index in [-0.39, 0.29) is 12.4 Å². The molecule has 0 aliphatic rings. The van der Waals surface area contributed by atoms with Gasteiger partial charge in [0.2, 0.25) is 0 Å². The number of rotatable bonds is 11. The Kier molecular flexibility index (Phi) is 8.42. The van der Waals surface area contributed by atoms with E-state index >= 15 is 0 Å². The van der Waals surface area contributed by atoms with Crippen molar-refractivity contribution in [3.05, 3.63) is 24.3 Å². The number of anilines is 1. The van der Waals surface area contributed by atoms with Crippen LogP contribution in [0.25, 0.3) is 0 Å². The molecule has 0 heterocycles. The molecular weight excluding hydrogens is 258 g/mol. The maximum atomic E-state index is 10.6. The van der Waals surface area contributed by atoms with Crippen molar-refractivity contribution in [2.45, 2.75) is 19.8 Å². The van der Waals surface area contributed by atoms with E-state index < -0.39 is 0 Å². The van der Waals surface area contributed by atoms with Crippen molar-refractivity contribution in [1.29, 1.82) is 0 Å². The van der Waals surface area contributed by atoms with Crippen molar-refractivity contribution in [3.8, 4) is 5.75 Å². The summed E-state index contributed by atoms with van der Waals surface area (Å²) in [6.45, 7) is 4.17. The summed E-state index contributed by atoms with van der Waals surface area (Å²) in [6.07, 6.45) is 1.63. The van der Waals surface area contributed by atoms with Crippen LogP contribution < -0.4 is 10.5 Å². The first-order valence-electron chi connectivity index (χ1n) is 6.82. The summed E-state index contributed by atoms with van der Waals surface area (Å²) in [5.41, 5.74) is 6.31. The summed E-state index contributed by atoms with van der Waals surface area (Å²) in [4.78, 5) is 10.6. The number of hydrogen-bond acceptors (Lipinski definition) is 5. The van der Waals surface area contributed by atoms with E-state index in [1.165, 1.54) is 6.92 Å². The predicted molar refractivity (Wildman–Crippen MR) is 77.9 cm³/mol. The second-order valence-corrected chi connectivity index (χ2v) is 4.49. The van der Waals surface area contributed by atoms with E-state index in [0.717, 1.165) is 24.3 Å². The van der Waals surface area contributed by atoms with Crippen molar-refractivity contribution >= 4 is 11.5 Å². The van der Waals surface area contributed by atoms with Crippen LogP contribution in [-0.4, -0.2) is 38.8 Å². The molecule has 0 saturated heterocycles. The fraction of sp³-hybridized carbons (Fsp3) is 0.533. The maximum absolute atomic E-state index is 10.6. The molecule has 1 aromatic rings. The first kappa shape index (κ1) is 16.5. The lowest BCUT2D eigenvalue weighted by Crippen LogP contribution is -2.08. The second kappa shape index (κ2) is 10.2. The predicted octanol–water partition coefficient (Wildman–Crippen LogP) is 2.05. The number of ketones is 1. The molecule has 5 nitrogen and oxygen atoms in total. The van der Waals surface area contributed by atoms with Crippen molar-refractivity contribution in [2.75, 3.05) is 38.8 Å². The molecule has 0 atom stereocenters. The minimum atomic E-state index is 0.0470. The number of benzene rings is 1. The van der Waals surface area contributed by atoms with E-state index in [9.17, 15) is 4.79 Å². The van der Waals surface area contributed by atoms with Crippen LogP contribution in [0.4, 0.5) is 5.69 Å². The van der Waals surface area contributed by atoms with E-state index in [4.69, 9.17) is 19.9 Å². The molecule has 112 valence electrons. The van der Waals surface area contributed by atoms with Crippen LogP contribution in [0.1, 0.15) is 19.8 Å². The molecule has 0 aliphatic carbocycles. The SMILES string of the molecule is CC(=O)COCCCOCCCOc1ccc(N)cc1. The van der Waals surface area contributed by atoms with Gasteiger partial charge in [-0.15, -0.1) is 0 Å². The van der Waals surface area contributed by atoms with Crippen LogP contribution in [0.15, 0.2) is 24.3 Å². The quantitative estimate of drug-likeness (QED) is 0.496. The molecule has 1 rings (SSSR count). The first-order valence-corrected chi connectivity index (χ1v) is 6.82. The Morgan fingerprint density at radius 1 is 1.00 bits per heavy atom. The number of Topliss-reactive ketones (excluding diaryl/α,β-unsaturated/α-hetero) is 1. The van der Waals surface area contributed by atoms with Gasteiger partial charge in [-0.3, -0.25) is 4.79 Å². The van der Waals surface area contributed by atoms with E-state index in [1.807, 2.05) is 24.3 Å². The van der Waals surface area contributed by atoms with Gasteiger partial charge >= 0.3 is 0 Å². The van der Waals surface area contributed by atoms with Gasteiger partial charge in [0, 0.05) is 31.9 Å². The van der Waals surface area contributed by atoms with Crippen molar-refractivity contribution in [1.82, 2.24) is 0 Å². The largest absolute Gasteiger partial charge is 0.494 e. The molecule has 0 spiro atoms. The highest BCUT2D eigenvalue weighted by atomic mass is 16.5. The topological polar surface area (TPSA) is 70.8 Å². The minimum Gasteiger partial charge on any atom is -0.494 e. The fourth-order valence-corrected chi connectivity index (χ4v) is 1.50. The third-order valence-corrected chi connectivity index (χ3v) is 2.46. The van der Waals surface area contributed by atoms with Gasteiger partial charge in [0.05, 0.1) is 6.61 Å². The van der Waals surface area contributed by atoms with Gasteiger partial charge < -0.3 is 19.9 Å². The highest BCUT2D eigenvalue weighted by Crippen LogP contribution is 2.12. The highest BCUT2D eigenvalue weighted by Gasteiger charge is 1.95. The zero-order valence-corrected chi connectivity index (χ0v) is 12.0. The Balaban J connectivity index is 1.87. The zero-order valence-electron chi connectivity index (χ0n) is 12.0. The monoisotopic (exact) mass is 281 g/mol. The lowest BCUT2D eigenvalue weighted by Gasteiger charge is -2.07. The fourth-order valence-electron chi connectivity index (χ4n) is 1.50. The summed E-state index contributed by atoms with van der Waals surface area (Å²) in [5, 5.41) is 0. The van der Waals surface area contributed by atoms with Crippen LogP contribution in [0.2, 0.25) is 0 Å². The van der Waals surface area contributed by atoms with Crippen LogP contribution in [-0.2, 0) is 14.3 Å². The molecule has 0 radical (unpaired) electrons. The minimum absolute atomic E-state index is 0.0470. The normalized spacial score (nSPS) is 10.4. The first-order chi connectivity index (χ1) is 9.68. The Hall–Kier alpha value is -1.59. The van der Waals surface area contributed by atoms with Gasteiger partial charge in [0.1, 0.15) is 12.4 Å². The van der Waals surface area contributed by atoms with Crippen molar-refractivity contribution in [3.63, 3.8) is 0 Å². The smallest absolute Gasteiger partial charge is 0.155 e. The van der Waals surface area contributed by atoms with Crippen LogP contribution in [0.3, 0.4) is 0 Å². The highest BCUT2D eigenvalue weighted by molar-refractivity contribution is 5.76.